The Labute approximate surface area is 194 Å². The standard InChI is InChI=1S/C21H36N6O6/c1-13-18(25-9-7-24(8-10-25)12-16(28)29)32-20(31)27(13)14-5-6-26(15(11-14)17(22)23)19(30)33-21(2,3)4/h13-15,18H,5-12H2,1-4H3,(H3,22,23)(H,28,29). The average Bonchev–Trinajstić information content (AvgIpc) is 3.00. The van der Waals surface area contributed by atoms with Crippen molar-refractivity contribution in [2.24, 2.45) is 5.73 Å². The van der Waals surface area contributed by atoms with E-state index < -0.39 is 36.0 Å². The fourth-order valence-electron chi connectivity index (χ4n) is 4.83. The molecule has 0 radical (unpaired) electrons. The molecule has 3 rings (SSSR count). The van der Waals surface area contributed by atoms with E-state index in [0.29, 0.717) is 45.6 Å². The Morgan fingerprint density at radius 2 is 1.85 bits per heavy atom. The number of rotatable bonds is 5. The van der Waals surface area contributed by atoms with Crippen molar-refractivity contribution in [1.29, 1.82) is 5.41 Å². The Morgan fingerprint density at radius 1 is 1.21 bits per heavy atom. The maximum Gasteiger partial charge on any atom is 0.412 e. The summed E-state index contributed by atoms with van der Waals surface area (Å²) >= 11 is 0. The van der Waals surface area contributed by atoms with Crippen LogP contribution >= 0.6 is 0 Å². The van der Waals surface area contributed by atoms with Gasteiger partial charge in [0.25, 0.3) is 0 Å². The topological polar surface area (TPSA) is 153 Å². The predicted molar refractivity (Wildman–Crippen MR) is 119 cm³/mol. The van der Waals surface area contributed by atoms with Crippen LogP contribution in [0.2, 0.25) is 0 Å². The molecule has 3 aliphatic rings. The van der Waals surface area contributed by atoms with Crippen molar-refractivity contribution in [2.45, 2.75) is 70.5 Å². The van der Waals surface area contributed by atoms with E-state index in [0.717, 1.165) is 0 Å². The van der Waals surface area contributed by atoms with Crippen LogP contribution in [0.3, 0.4) is 0 Å². The molecule has 12 nitrogen and oxygen atoms in total. The number of likely N-dealkylation sites (tertiary alicyclic amines) is 1. The Morgan fingerprint density at radius 3 is 2.39 bits per heavy atom. The third-order valence-corrected chi connectivity index (χ3v) is 6.36. The van der Waals surface area contributed by atoms with Gasteiger partial charge in [-0.05, 0) is 40.5 Å². The lowest BCUT2D eigenvalue weighted by Crippen LogP contribution is -2.59. The van der Waals surface area contributed by atoms with Gasteiger partial charge in [-0.25, -0.2) is 9.59 Å². The SMILES string of the molecule is CC1C(N2CCN(CC(=O)O)CC2)OC(=O)N1C1CCN(C(=O)OC(C)(C)C)C(C(=N)N)C1. The number of nitrogens with two attached hydrogens (primary N) is 1. The summed E-state index contributed by atoms with van der Waals surface area (Å²) in [6.07, 6.45) is -0.493. The van der Waals surface area contributed by atoms with Crippen LogP contribution in [-0.2, 0) is 14.3 Å². The van der Waals surface area contributed by atoms with Gasteiger partial charge in [-0.2, -0.15) is 0 Å². The van der Waals surface area contributed by atoms with Crippen LogP contribution in [0.15, 0.2) is 0 Å². The number of nitrogens with zero attached hydrogens (tertiary/aromatic N) is 4. The zero-order valence-corrected chi connectivity index (χ0v) is 19.8. The normalized spacial score (nSPS) is 29.6. The number of aliphatic carboxylic acids is 1. The second kappa shape index (κ2) is 9.72. The molecule has 0 aromatic carbocycles. The van der Waals surface area contributed by atoms with Gasteiger partial charge in [-0.1, -0.05) is 0 Å². The number of cyclic esters (lactones) is 1. The summed E-state index contributed by atoms with van der Waals surface area (Å²) in [5.74, 6) is -0.995. The van der Waals surface area contributed by atoms with E-state index in [1.165, 1.54) is 4.90 Å². The van der Waals surface area contributed by atoms with Crippen molar-refractivity contribution >= 4 is 24.0 Å². The maximum absolute atomic E-state index is 12.8. The van der Waals surface area contributed by atoms with Gasteiger partial charge in [0.2, 0.25) is 0 Å². The summed E-state index contributed by atoms with van der Waals surface area (Å²) in [6.45, 7) is 10.00. The molecule has 0 bridgehead atoms. The molecule has 0 spiro atoms. The molecule has 0 aromatic rings. The molecule has 4 N–H and O–H groups in total. The Kier molecular flexibility index (Phi) is 7.37. The first kappa shape index (κ1) is 25.0. The Bertz CT molecular complexity index is 778. The van der Waals surface area contributed by atoms with Gasteiger partial charge in [0, 0.05) is 38.8 Å². The summed E-state index contributed by atoms with van der Waals surface area (Å²) in [5.41, 5.74) is 5.16. The van der Waals surface area contributed by atoms with Crippen molar-refractivity contribution in [3.05, 3.63) is 0 Å². The van der Waals surface area contributed by atoms with Gasteiger partial charge < -0.3 is 20.3 Å². The monoisotopic (exact) mass is 468 g/mol. The quantitative estimate of drug-likeness (QED) is 0.388. The van der Waals surface area contributed by atoms with Gasteiger partial charge in [-0.3, -0.25) is 29.8 Å². The number of carbonyl (C=O) groups excluding carboxylic acids is 2. The first-order valence-electron chi connectivity index (χ1n) is 11.4. The zero-order valence-electron chi connectivity index (χ0n) is 19.8. The molecule has 4 unspecified atom stereocenters. The van der Waals surface area contributed by atoms with Gasteiger partial charge in [0.05, 0.1) is 18.6 Å². The molecule has 3 saturated heterocycles. The van der Waals surface area contributed by atoms with Crippen LogP contribution in [-0.4, -0.2) is 118 Å². The average molecular weight is 469 g/mol. The lowest BCUT2D eigenvalue weighted by molar-refractivity contribution is -0.139. The minimum absolute atomic E-state index is 0.00261. The number of carbonyl (C=O) groups is 3. The lowest BCUT2D eigenvalue weighted by Gasteiger charge is -2.43. The fourth-order valence-corrected chi connectivity index (χ4v) is 4.83. The van der Waals surface area contributed by atoms with E-state index in [2.05, 4.69) is 4.90 Å². The van der Waals surface area contributed by atoms with Crippen LogP contribution in [0.1, 0.15) is 40.5 Å². The van der Waals surface area contributed by atoms with Crippen LogP contribution in [0.25, 0.3) is 0 Å². The number of hydrogen-bond donors (Lipinski definition) is 3. The molecule has 186 valence electrons. The number of amidine groups is 1. The van der Waals surface area contributed by atoms with Gasteiger partial charge in [0.15, 0.2) is 6.23 Å². The molecular formula is C21H36N6O6. The molecule has 0 saturated carbocycles. The summed E-state index contributed by atoms with van der Waals surface area (Å²) in [7, 11) is 0. The van der Waals surface area contributed by atoms with Crippen molar-refractivity contribution < 1.29 is 29.0 Å². The molecule has 3 fully saturated rings. The number of ether oxygens (including phenoxy) is 2. The number of hydrogen-bond acceptors (Lipinski definition) is 8. The van der Waals surface area contributed by atoms with Gasteiger partial charge in [0.1, 0.15) is 11.4 Å². The largest absolute Gasteiger partial charge is 0.480 e. The highest BCUT2D eigenvalue weighted by Crippen LogP contribution is 2.32. The van der Waals surface area contributed by atoms with Crippen LogP contribution < -0.4 is 5.73 Å². The summed E-state index contributed by atoms with van der Waals surface area (Å²) in [6, 6.07) is -1.11. The Hall–Kier alpha value is -2.60. The van der Waals surface area contributed by atoms with E-state index >= 15 is 0 Å². The van der Waals surface area contributed by atoms with Crippen molar-refractivity contribution in [3.63, 3.8) is 0 Å². The highest BCUT2D eigenvalue weighted by atomic mass is 16.6. The van der Waals surface area contributed by atoms with E-state index in [1.807, 2.05) is 11.8 Å². The highest BCUT2D eigenvalue weighted by Gasteiger charge is 2.48. The number of piperazine rings is 1. The van der Waals surface area contributed by atoms with Crippen LogP contribution in [0, 0.1) is 5.41 Å². The summed E-state index contributed by atoms with van der Waals surface area (Å²) < 4.78 is 11.2. The third kappa shape index (κ3) is 5.85. The second-order valence-electron chi connectivity index (χ2n) is 9.95. The molecule has 3 aliphatic heterocycles. The molecule has 2 amide bonds. The smallest absolute Gasteiger partial charge is 0.412 e. The van der Waals surface area contributed by atoms with Crippen molar-refractivity contribution in [1.82, 2.24) is 19.6 Å². The first-order chi connectivity index (χ1) is 15.4. The predicted octanol–water partition coefficient (Wildman–Crippen LogP) is 0.559. The molecular weight excluding hydrogens is 432 g/mol. The number of piperidine rings is 1. The molecule has 4 atom stereocenters. The minimum atomic E-state index is -0.854. The second-order valence-corrected chi connectivity index (χ2v) is 9.95. The van der Waals surface area contributed by atoms with Crippen LogP contribution in [0.4, 0.5) is 9.59 Å². The highest BCUT2D eigenvalue weighted by molar-refractivity contribution is 5.87. The van der Waals surface area contributed by atoms with Gasteiger partial charge >= 0.3 is 18.2 Å². The van der Waals surface area contributed by atoms with E-state index in [9.17, 15) is 14.4 Å². The zero-order chi connectivity index (χ0) is 24.5. The van der Waals surface area contributed by atoms with E-state index in [-0.39, 0.29) is 24.5 Å². The number of carboxylic acid groups (broad SMARTS) is 1. The number of nitrogens with one attached hydrogen (secondary N) is 1. The van der Waals surface area contributed by atoms with Crippen molar-refractivity contribution in [2.75, 3.05) is 39.3 Å². The van der Waals surface area contributed by atoms with Gasteiger partial charge in [-0.15, -0.1) is 0 Å². The van der Waals surface area contributed by atoms with E-state index in [1.54, 1.807) is 25.7 Å². The summed E-state index contributed by atoms with van der Waals surface area (Å²) in [5, 5.41) is 17.0. The van der Waals surface area contributed by atoms with Crippen LogP contribution in [0.5, 0.6) is 0 Å². The molecule has 33 heavy (non-hydrogen) atoms. The van der Waals surface area contributed by atoms with Crippen molar-refractivity contribution in [3.8, 4) is 0 Å². The fraction of sp³-hybridized carbons (Fsp3) is 0.810. The number of carboxylic acids is 1. The minimum Gasteiger partial charge on any atom is -0.480 e. The number of amides is 2. The first-order valence-corrected chi connectivity index (χ1v) is 11.4. The summed E-state index contributed by atoms with van der Waals surface area (Å²) in [4.78, 5) is 43.5. The third-order valence-electron chi connectivity index (χ3n) is 6.36. The molecule has 0 aliphatic carbocycles. The Balaban J connectivity index is 1.64. The molecule has 3 heterocycles. The molecule has 12 heteroatoms. The maximum atomic E-state index is 12.8. The van der Waals surface area contributed by atoms with E-state index in [4.69, 9.17) is 25.7 Å². The molecule has 0 aromatic heterocycles. The lowest BCUT2D eigenvalue weighted by atomic mass is 9.94.